The zero-order valence-corrected chi connectivity index (χ0v) is 19.6. The Morgan fingerprint density at radius 3 is 2.69 bits per heavy atom. The third-order valence-corrected chi connectivity index (χ3v) is 5.20. The first-order valence-electron chi connectivity index (χ1n) is 9.94. The van der Waals surface area contributed by atoms with Crippen LogP contribution in [0.2, 0.25) is 0 Å². The van der Waals surface area contributed by atoms with Gasteiger partial charge in [-0.3, -0.25) is 4.99 Å². The van der Waals surface area contributed by atoms with E-state index in [4.69, 9.17) is 9.73 Å². The van der Waals surface area contributed by atoms with Crippen LogP contribution in [0, 0.1) is 6.92 Å². The monoisotopic (exact) mass is 458 g/mol. The van der Waals surface area contributed by atoms with Gasteiger partial charge in [0.2, 0.25) is 0 Å². The molecule has 1 atom stereocenters. The number of carbonyl (C=O) groups is 1. The number of nitrogens with zero attached hydrogens (tertiary/aromatic N) is 2. The quantitative estimate of drug-likeness (QED) is 0.470. The van der Waals surface area contributed by atoms with Crippen molar-refractivity contribution in [3.63, 3.8) is 0 Å². The van der Waals surface area contributed by atoms with E-state index in [1.165, 1.54) is 16.0 Å². The summed E-state index contributed by atoms with van der Waals surface area (Å²) in [5.74, 6) is 0.657. The topological polar surface area (TPSA) is 41.9 Å². The summed E-state index contributed by atoms with van der Waals surface area (Å²) in [6, 6.07) is 6.27. The van der Waals surface area contributed by atoms with Gasteiger partial charge in [0.05, 0.1) is 6.04 Å². The molecule has 4 nitrogen and oxygen atoms in total. The molecule has 1 aliphatic rings. The number of hydrogen-bond donors (Lipinski definition) is 0. The highest BCUT2D eigenvalue weighted by Crippen LogP contribution is 2.21. The van der Waals surface area contributed by atoms with E-state index in [0.29, 0.717) is 18.0 Å². The number of aryl methyl sites for hydroxylation is 2. The van der Waals surface area contributed by atoms with Crippen molar-refractivity contribution in [2.45, 2.75) is 65.5 Å². The average Bonchev–Trinajstić information content (AvgIpc) is 2.60. The number of ether oxygens (including phenoxy) is 1. The van der Waals surface area contributed by atoms with Crippen LogP contribution in [0.4, 0.5) is 4.79 Å². The molecular weight excluding hydrogens is 428 g/mol. The molecule has 29 heavy (non-hydrogen) atoms. The Bertz CT molecular complexity index is 847. The molecule has 0 saturated heterocycles. The Kier molecular flexibility index (Phi) is 8.03. The number of amides is 1. The van der Waals surface area contributed by atoms with Gasteiger partial charge in [0.15, 0.2) is 0 Å². The van der Waals surface area contributed by atoms with E-state index in [2.05, 4.69) is 53.7 Å². The molecule has 0 fully saturated rings. The van der Waals surface area contributed by atoms with Crippen LogP contribution in [0.5, 0.6) is 0 Å². The summed E-state index contributed by atoms with van der Waals surface area (Å²) >= 11 is 3.59. The normalized spacial score (nSPS) is 20.1. The first-order chi connectivity index (χ1) is 13.6. The van der Waals surface area contributed by atoms with E-state index >= 15 is 0 Å². The summed E-state index contributed by atoms with van der Waals surface area (Å²) in [5, 5.41) is 0. The highest BCUT2D eigenvalue weighted by molar-refractivity contribution is 9.10. The highest BCUT2D eigenvalue weighted by atomic mass is 79.9. The third-order valence-electron chi connectivity index (χ3n) is 4.34. The molecule has 0 radical (unpaired) electrons. The maximum absolute atomic E-state index is 13.0. The second kappa shape index (κ2) is 10.1. The van der Waals surface area contributed by atoms with E-state index in [0.717, 1.165) is 17.3 Å². The van der Waals surface area contributed by atoms with Gasteiger partial charge in [0.25, 0.3) is 0 Å². The minimum absolute atomic E-state index is 0.0426. The van der Waals surface area contributed by atoms with Gasteiger partial charge in [-0.2, -0.15) is 0 Å². The lowest BCUT2D eigenvalue weighted by molar-refractivity contribution is 0.0413. The number of benzene rings is 1. The first-order valence-corrected chi connectivity index (χ1v) is 10.7. The van der Waals surface area contributed by atoms with Crippen LogP contribution in [-0.2, 0) is 11.2 Å². The lowest BCUT2D eigenvalue weighted by atomic mass is 10.1. The molecule has 0 bridgehead atoms. The smallest absolute Gasteiger partial charge is 0.420 e. The number of allylic oxidation sites excluding steroid dienone is 3. The molecule has 5 heteroatoms. The van der Waals surface area contributed by atoms with Crippen molar-refractivity contribution in [1.29, 1.82) is 0 Å². The van der Waals surface area contributed by atoms with Crippen molar-refractivity contribution in [3.8, 4) is 0 Å². The van der Waals surface area contributed by atoms with Gasteiger partial charge < -0.3 is 4.74 Å². The molecule has 0 aromatic heterocycles. The van der Waals surface area contributed by atoms with E-state index in [1.54, 1.807) is 0 Å². The van der Waals surface area contributed by atoms with Crippen molar-refractivity contribution in [2.24, 2.45) is 4.99 Å². The molecule has 1 aromatic rings. The van der Waals surface area contributed by atoms with Crippen LogP contribution in [0.25, 0.3) is 0 Å². The number of halogens is 1. The predicted molar refractivity (Wildman–Crippen MR) is 124 cm³/mol. The number of carbonyl (C=O) groups excluding carboxylic acids is 1. The summed E-state index contributed by atoms with van der Waals surface area (Å²) in [6.07, 6.45) is 9.64. The summed E-state index contributed by atoms with van der Waals surface area (Å²) < 4.78 is 6.73. The molecule has 0 N–H and O–H groups in total. The number of rotatable bonds is 3. The van der Waals surface area contributed by atoms with Gasteiger partial charge >= 0.3 is 6.09 Å². The molecule has 1 aliphatic heterocycles. The van der Waals surface area contributed by atoms with Gasteiger partial charge in [-0.1, -0.05) is 52.9 Å². The molecule has 1 heterocycles. The minimum atomic E-state index is -0.602. The molecule has 0 spiro atoms. The third kappa shape index (κ3) is 7.32. The maximum atomic E-state index is 13.0. The predicted octanol–water partition coefficient (Wildman–Crippen LogP) is 6.74. The molecule has 1 aromatic carbocycles. The van der Waals surface area contributed by atoms with Crippen molar-refractivity contribution >= 4 is 27.9 Å². The van der Waals surface area contributed by atoms with E-state index in [9.17, 15) is 4.79 Å². The lowest BCUT2D eigenvalue weighted by Crippen LogP contribution is -2.40. The molecule has 1 unspecified atom stereocenters. The van der Waals surface area contributed by atoms with Crippen molar-refractivity contribution < 1.29 is 9.53 Å². The minimum Gasteiger partial charge on any atom is -0.443 e. The number of hydrogen-bond acceptors (Lipinski definition) is 3. The number of aliphatic imine (C=N–C) groups is 1. The van der Waals surface area contributed by atoms with Gasteiger partial charge in [-0.25, -0.2) is 9.69 Å². The second-order valence-electron chi connectivity index (χ2n) is 8.24. The Labute approximate surface area is 183 Å². The summed E-state index contributed by atoms with van der Waals surface area (Å²) in [5.41, 5.74) is 2.33. The van der Waals surface area contributed by atoms with Gasteiger partial charge in [0.1, 0.15) is 11.4 Å². The van der Waals surface area contributed by atoms with Crippen LogP contribution >= 0.6 is 15.9 Å². The molecule has 2 rings (SSSR count). The molecule has 1 amide bonds. The molecule has 0 aliphatic carbocycles. The Balaban J connectivity index is 2.37. The zero-order valence-electron chi connectivity index (χ0n) is 18.0. The highest BCUT2D eigenvalue weighted by Gasteiger charge is 2.27. The Morgan fingerprint density at radius 1 is 1.31 bits per heavy atom. The van der Waals surface area contributed by atoms with Crippen LogP contribution in [-0.4, -0.2) is 28.5 Å². The van der Waals surface area contributed by atoms with Gasteiger partial charge in [-0.15, -0.1) is 0 Å². The van der Waals surface area contributed by atoms with Crippen molar-refractivity contribution in [3.05, 3.63) is 70.4 Å². The Morgan fingerprint density at radius 2 is 2.03 bits per heavy atom. The fourth-order valence-corrected chi connectivity index (χ4v) is 3.32. The van der Waals surface area contributed by atoms with Gasteiger partial charge in [0, 0.05) is 16.6 Å². The van der Waals surface area contributed by atoms with Crippen LogP contribution < -0.4 is 0 Å². The lowest BCUT2D eigenvalue weighted by Gasteiger charge is -2.29. The van der Waals surface area contributed by atoms with Gasteiger partial charge in [-0.05, 0) is 70.7 Å². The van der Waals surface area contributed by atoms with E-state index < -0.39 is 11.7 Å². The molecular formula is C24H31BrN2O2. The van der Waals surface area contributed by atoms with Crippen molar-refractivity contribution in [1.82, 2.24) is 4.90 Å². The Hall–Kier alpha value is -2.14. The summed E-state index contributed by atoms with van der Waals surface area (Å²) in [7, 11) is 0. The van der Waals surface area contributed by atoms with E-state index in [-0.39, 0.29) is 6.04 Å². The fraction of sp³-hybridized carbons (Fsp3) is 0.417. The van der Waals surface area contributed by atoms with Crippen molar-refractivity contribution in [2.75, 3.05) is 0 Å². The van der Waals surface area contributed by atoms with Crippen LogP contribution in [0.1, 0.15) is 51.7 Å². The van der Waals surface area contributed by atoms with Crippen LogP contribution in [0.3, 0.4) is 0 Å². The van der Waals surface area contributed by atoms with E-state index in [1.807, 2.05) is 45.9 Å². The van der Waals surface area contributed by atoms with Crippen LogP contribution in [0.15, 0.2) is 64.2 Å². The SMILES string of the molecule is C=C1/C=C\C/C=C\C(C)N=C(CCc2ccc(C)c(Br)c2)N1C(=O)OC(C)(C)C. The average molecular weight is 459 g/mol. The fourth-order valence-electron chi connectivity index (χ4n) is 2.89. The zero-order chi connectivity index (χ0) is 21.6. The number of amidine groups is 1. The first kappa shape index (κ1) is 23.1. The molecule has 0 saturated carbocycles. The standard InChI is InChI=1S/C24H31BrN2O2/c1-17-12-13-20(16-21(17)25)14-15-22-26-18(2)10-8-7-9-11-19(3)27(22)23(28)29-24(4,5)6/h8-13,16,18H,3,7,14-15H2,1-2,4-6H3/b10-8-,11-9-,26-22?. The second-order valence-corrected chi connectivity index (χ2v) is 9.10. The molecule has 156 valence electrons. The summed E-state index contributed by atoms with van der Waals surface area (Å²) in [4.78, 5) is 19.4. The maximum Gasteiger partial charge on any atom is 0.420 e. The largest absolute Gasteiger partial charge is 0.443 e. The summed E-state index contributed by atoms with van der Waals surface area (Å²) in [6.45, 7) is 13.8.